The van der Waals surface area contributed by atoms with Gasteiger partial charge in [0.05, 0.1) is 53.4 Å². The van der Waals surface area contributed by atoms with Crippen LogP contribution in [0.5, 0.6) is 5.75 Å². The molecular formula is C47H55N3O8S. The van der Waals surface area contributed by atoms with E-state index in [2.05, 4.69) is 49.4 Å². The number of ether oxygens (including phenoxy) is 2. The Morgan fingerprint density at radius 2 is 1.81 bits per heavy atom. The molecule has 3 heterocycles. The number of sulfonamides is 1. The third-order valence-electron chi connectivity index (χ3n) is 13.3. The molecule has 4 fully saturated rings. The number of carbonyl (C=O) groups excluding carboxylic acids is 4. The van der Waals surface area contributed by atoms with Crippen molar-refractivity contribution in [3.63, 3.8) is 0 Å². The number of pyridine rings is 1. The molecule has 3 saturated carbocycles. The number of rotatable bonds is 9. The summed E-state index contributed by atoms with van der Waals surface area (Å²) in [6, 6.07) is 14.9. The second kappa shape index (κ2) is 16.7. The van der Waals surface area contributed by atoms with Crippen LogP contribution in [0.2, 0.25) is 0 Å². The van der Waals surface area contributed by atoms with Crippen LogP contribution >= 0.6 is 0 Å². The van der Waals surface area contributed by atoms with E-state index in [4.69, 9.17) is 14.5 Å². The summed E-state index contributed by atoms with van der Waals surface area (Å²) in [7, 11) is -3.86. The van der Waals surface area contributed by atoms with Crippen molar-refractivity contribution in [2.45, 2.75) is 108 Å². The Bertz CT molecular complexity index is 2280. The molecule has 12 heteroatoms. The van der Waals surface area contributed by atoms with Crippen molar-refractivity contribution < 1.29 is 37.1 Å². The van der Waals surface area contributed by atoms with E-state index in [0.717, 1.165) is 71.8 Å². The van der Waals surface area contributed by atoms with E-state index >= 15 is 0 Å². The van der Waals surface area contributed by atoms with Gasteiger partial charge in [-0.05, 0) is 92.9 Å². The Balaban J connectivity index is 1.18. The Morgan fingerprint density at radius 1 is 1.05 bits per heavy atom. The Hall–Kier alpha value is -4.84. The van der Waals surface area contributed by atoms with Crippen LogP contribution in [0.15, 0.2) is 67.3 Å². The Morgan fingerprint density at radius 3 is 2.53 bits per heavy atom. The van der Waals surface area contributed by atoms with E-state index in [1.807, 2.05) is 36.4 Å². The molecule has 0 radical (unpaired) electrons. The lowest BCUT2D eigenvalue weighted by Crippen LogP contribution is -2.47. The molecule has 8 rings (SSSR count). The molecule has 1 aromatic heterocycles. The first-order valence-electron chi connectivity index (χ1n) is 21.4. The van der Waals surface area contributed by atoms with Gasteiger partial charge in [-0.3, -0.25) is 23.9 Å². The van der Waals surface area contributed by atoms with Crippen LogP contribution in [0.1, 0.15) is 95.1 Å². The molecule has 2 aromatic carbocycles. The molecule has 4 bridgehead atoms. The van der Waals surface area contributed by atoms with Crippen LogP contribution in [0.4, 0.5) is 0 Å². The van der Waals surface area contributed by atoms with Gasteiger partial charge in [0.15, 0.2) is 5.78 Å². The van der Waals surface area contributed by atoms with Crippen molar-refractivity contribution in [2.75, 3.05) is 13.2 Å². The van der Waals surface area contributed by atoms with Crippen LogP contribution < -0.4 is 9.46 Å². The summed E-state index contributed by atoms with van der Waals surface area (Å²) in [5.41, 5.74) is 3.17. The standard InChI is InChI=1S/C47H55N3O8S/c1-4-34-25-47(34,46(54)49-59(55,56)36-18-19-36)26-42(51)41-22-35-27-50(41)45(53)37(31-13-10-11-14-31)23-44(52)57-28-29(2)12-8-9-17-33-21-38-40(20-30(33)3)48-39(24-43(38)58-35)32-15-6-5-7-16-32/h4-7,9,15-17,20-21,24,29,31,34-37,41H,1,8,10-14,18-19,22-23,25-28H2,2-3H3,(H,49,54)/b17-9+/t29?,34-,35-,37+,41+,47-/m1/s1. The highest BCUT2D eigenvalue weighted by Crippen LogP contribution is 2.57. The Labute approximate surface area is 347 Å². The lowest BCUT2D eigenvalue weighted by Gasteiger charge is -2.31. The maximum absolute atomic E-state index is 15.0. The van der Waals surface area contributed by atoms with Crippen LogP contribution in [-0.4, -0.2) is 72.4 Å². The van der Waals surface area contributed by atoms with Gasteiger partial charge in [0.2, 0.25) is 21.8 Å². The van der Waals surface area contributed by atoms with Gasteiger partial charge in [-0.2, -0.15) is 0 Å². The van der Waals surface area contributed by atoms with Crippen molar-refractivity contribution in [3.05, 3.63) is 78.4 Å². The van der Waals surface area contributed by atoms with Crippen LogP contribution in [0, 0.1) is 36.0 Å². The number of hydrogen-bond donors (Lipinski definition) is 1. The molecule has 2 amide bonds. The van der Waals surface area contributed by atoms with E-state index in [0.29, 0.717) is 18.6 Å². The minimum atomic E-state index is -3.86. The molecular weight excluding hydrogens is 767 g/mol. The van der Waals surface area contributed by atoms with Crippen molar-refractivity contribution in [1.29, 1.82) is 0 Å². The largest absolute Gasteiger partial charge is 0.488 e. The number of fused-ring (bicyclic) bond motifs is 3. The quantitative estimate of drug-likeness (QED) is 0.171. The lowest BCUT2D eigenvalue weighted by atomic mass is 9.86. The highest BCUT2D eigenvalue weighted by atomic mass is 32.2. The maximum Gasteiger partial charge on any atom is 0.306 e. The van der Waals surface area contributed by atoms with Gasteiger partial charge in [-0.1, -0.05) is 68.3 Å². The number of nitrogens with one attached hydrogen (secondary N) is 1. The molecule has 2 aliphatic heterocycles. The molecule has 1 saturated heterocycles. The van der Waals surface area contributed by atoms with Crippen LogP contribution in [0.3, 0.4) is 0 Å². The number of esters is 1. The van der Waals surface area contributed by atoms with Crippen LogP contribution in [0.25, 0.3) is 28.2 Å². The van der Waals surface area contributed by atoms with Gasteiger partial charge >= 0.3 is 5.97 Å². The van der Waals surface area contributed by atoms with Gasteiger partial charge in [-0.15, -0.1) is 6.58 Å². The minimum absolute atomic E-state index is 0.0417. The number of benzene rings is 2. The van der Waals surface area contributed by atoms with Gasteiger partial charge in [0.1, 0.15) is 11.9 Å². The third kappa shape index (κ3) is 8.74. The number of ketones is 1. The Kier molecular flexibility index (Phi) is 11.6. The number of Topliss-reactive ketones (excluding diaryl/α,β-unsaturated/α-hetero) is 1. The zero-order chi connectivity index (χ0) is 41.5. The highest BCUT2D eigenvalue weighted by molar-refractivity contribution is 7.90. The number of cyclic esters (lactones) is 1. The first-order valence-corrected chi connectivity index (χ1v) is 22.9. The zero-order valence-corrected chi connectivity index (χ0v) is 34.9. The van der Waals surface area contributed by atoms with E-state index in [1.54, 1.807) is 11.0 Å². The molecule has 1 unspecified atom stereocenters. The predicted octanol–water partition coefficient (Wildman–Crippen LogP) is 7.50. The normalized spacial score (nSPS) is 28.6. The SMILES string of the molecule is C=C[C@@H]1C[C@]1(CC(=O)[C@@H]1C[C@@H]2CN1C(=O)[C@H](C1CCCC1)CC(=O)OCC(C)CC/C=C/c1cc3c(cc(-c4ccccc4)nc3cc1C)O2)C(=O)NS(=O)(=O)C1CC1. The lowest BCUT2D eigenvalue weighted by molar-refractivity contribution is -0.152. The fourth-order valence-corrected chi connectivity index (χ4v) is 10.9. The van der Waals surface area contributed by atoms with E-state index < -0.39 is 50.6 Å². The average molecular weight is 822 g/mol. The maximum atomic E-state index is 15.0. The summed E-state index contributed by atoms with van der Waals surface area (Å²) < 4.78 is 40.7. The van der Waals surface area contributed by atoms with Crippen molar-refractivity contribution in [1.82, 2.24) is 14.6 Å². The number of allylic oxidation sites excluding steroid dienone is 2. The van der Waals surface area contributed by atoms with E-state index in [-0.39, 0.29) is 68.3 Å². The fourth-order valence-electron chi connectivity index (χ4n) is 9.49. The molecule has 1 N–H and O–H groups in total. The number of amides is 2. The van der Waals surface area contributed by atoms with Gasteiger partial charge < -0.3 is 14.4 Å². The highest BCUT2D eigenvalue weighted by Gasteiger charge is 2.61. The molecule has 3 aromatic rings. The summed E-state index contributed by atoms with van der Waals surface area (Å²) in [4.78, 5) is 63.6. The molecule has 3 aliphatic carbocycles. The number of nitrogens with zero attached hydrogens (tertiary/aromatic N) is 2. The summed E-state index contributed by atoms with van der Waals surface area (Å²) in [5, 5.41) is 0.199. The summed E-state index contributed by atoms with van der Waals surface area (Å²) >= 11 is 0. The molecule has 5 aliphatic rings. The first kappa shape index (κ1) is 40.9. The summed E-state index contributed by atoms with van der Waals surface area (Å²) in [6.45, 7) is 8.32. The average Bonchev–Trinajstić information content (AvgIpc) is 4.09. The molecule has 11 nitrogen and oxygen atoms in total. The first-order chi connectivity index (χ1) is 28.3. The summed E-state index contributed by atoms with van der Waals surface area (Å²) in [5.74, 6) is -2.19. The number of aryl methyl sites for hydroxylation is 1. The van der Waals surface area contributed by atoms with E-state index in [1.165, 1.54) is 0 Å². The smallest absolute Gasteiger partial charge is 0.306 e. The topological polar surface area (TPSA) is 149 Å². The predicted molar refractivity (Wildman–Crippen MR) is 225 cm³/mol. The van der Waals surface area contributed by atoms with Gasteiger partial charge in [0.25, 0.3) is 0 Å². The van der Waals surface area contributed by atoms with Gasteiger partial charge in [0, 0.05) is 29.9 Å². The molecule has 59 heavy (non-hydrogen) atoms. The fraction of sp³-hybridized carbons (Fsp3) is 0.511. The van der Waals surface area contributed by atoms with E-state index in [9.17, 15) is 27.6 Å². The van der Waals surface area contributed by atoms with Crippen molar-refractivity contribution >= 4 is 50.6 Å². The zero-order valence-electron chi connectivity index (χ0n) is 34.1. The molecule has 6 atom stereocenters. The number of aromatic nitrogens is 1. The minimum Gasteiger partial charge on any atom is -0.488 e. The summed E-state index contributed by atoms with van der Waals surface area (Å²) in [6.07, 6.45) is 11.4. The molecule has 312 valence electrons. The number of carbonyl (C=O) groups is 4. The third-order valence-corrected chi connectivity index (χ3v) is 15.1. The van der Waals surface area contributed by atoms with Gasteiger partial charge in [-0.25, -0.2) is 13.4 Å². The second-order valence-corrected chi connectivity index (χ2v) is 19.7. The van der Waals surface area contributed by atoms with Crippen LogP contribution in [-0.2, 0) is 33.9 Å². The monoisotopic (exact) mass is 821 g/mol. The molecule has 0 spiro atoms. The van der Waals surface area contributed by atoms with Crippen molar-refractivity contribution in [2.24, 2.45) is 29.1 Å². The second-order valence-electron chi connectivity index (χ2n) is 17.7. The number of hydrogen-bond acceptors (Lipinski definition) is 9. The van der Waals surface area contributed by atoms with Crippen molar-refractivity contribution in [3.8, 4) is 17.0 Å².